The maximum absolute atomic E-state index is 11.9. The van der Waals surface area contributed by atoms with E-state index >= 15 is 0 Å². The highest BCUT2D eigenvalue weighted by molar-refractivity contribution is 5.68. The fourth-order valence-electron chi connectivity index (χ4n) is 0.964. The Labute approximate surface area is 69.6 Å². The second-order valence-corrected chi connectivity index (χ2v) is 3.21. The van der Waals surface area contributed by atoms with Crippen LogP contribution < -0.4 is 0 Å². The molecule has 0 spiro atoms. The average Bonchev–Trinajstić information content (AvgIpc) is 1.80. The van der Waals surface area contributed by atoms with Gasteiger partial charge < -0.3 is 0 Å². The quantitative estimate of drug-likeness (QED) is 0.595. The molecule has 0 rings (SSSR count). The Morgan fingerprint density at radius 2 is 1.75 bits per heavy atom. The van der Waals surface area contributed by atoms with Crippen LogP contribution in [-0.4, -0.2) is 37.2 Å². The molecule has 0 saturated heterocycles. The maximum atomic E-state index is 11.9. The molecule has 0 aliphatic carbocycles. The van der Waals surface area contributed by atoms with Crippen LogP contribution in [0.5, 0.6) is 0 Å². The minimum Gasteiger partial charge on any atom is -0.258 e. The van der Waals surface area contributed by atoms with Crippen LogP contribution in [0.2, 0.25) is 0 Å². The summed E-state index contributed by atoms with van der Waals surface area (Å²) in [4.78, 5) is 11.0. The Morgan fingerprint density at radius 1 is 1.33 bits per heavy atom. The molecule has 0 unspecified atom stereocenters. The van der Waals surface area contributed by atoms with Gasteiger partial charge in [-0.1, -0.05) is 6.92 Å². The van der Waals surface area contributed by atoms with Crippen LogP contribution in [0.15, 0.2) is 0 Å². The fraction of sp³-hybridized carbons (Fsp3) is 0.857. The van der Waals surface area contributed by atoms with Crippen LogP contribution in [0.4, 0.5) is 13.2 Å². The number of carbonyl (C=O) groups excluding carboxylic acids is 1. The van der Waals surface area contributed by atoms with Gasteiger partial charge in [0.25, 0.3) is 0 Å². The first kappa shape index (κ1) is 11.4. The summed E-state index contributed by atoms with van der Waals surface area (Å²) in [6.07, 6.45) is -4.16. The minimum atomic E-state index is -4.28. The number of hydrogen-bond donors (Lipinski definition) is 0. The summed E-state index contributed by atoms with van der Waals surface area (Å²) in [6.45, 7) is 0.457. The molecule has 0 fully saturated rings. The van der Waals surface area contributed by atoms with Gasteiger partial charge in [0.2, 0.25) is 0 Å². The number of alkyl halides is 3. The van der Waals surface area contributed by atoms with Crippen molar-refractivity contribution >= 4 is 5.91 Å². The molecule has 0 saturated carbocycles. The lowest BCUT2D eigenvalue weighted by Gasteiger charge is -2.27. The van der Waals surface area contributed by atoms with Gasteiger partial charge in [-0.15, -0.1) is 0 Å². The molecule has 0 aliphatic rings. The first-order chi connectivity index (χ1) is 5.19. The van der Waals surface area contributed by atoms with Crippen molar-refractivity contribution < 1.29 is 22.4 Å². The van der Waals surface area contributed by atoms with E-state index in [4.69, 9.17) is 0 Å². The molecule has 0 radical (unpaired) electrons. The molecule has 0 aromatic carbocycles. The highest BCUT2D eigenvalue weighted by Crippen LogP contribution is 2.19. The van der Waals surface area contributed by atoms with E-state index < -0.39 is 23.1 Å². The van der Waals surface area contributed by atoms with Crippen LogP contribution >= 0.6 is 0 Å². The molecule has 0 atom stereocenters. The lowest BCUT2D eigenvalue weighted by molar-refractivity contribution is -0.826. The van der Waals surface area contributed by atoms with Gasteiger partial charge in [-0.2, -0.15) is 13.2 Å². The molecule has 0 heterocycles. The van der Waals surface area contributed by atoms with E-state index in [9.17, 15) is 18.0 Å². The van der Waals surface area contributed by atoms with Gasteiger partial charge in [0.05, 0.1) is 20.5 Å². The molecule has 5 heteroatoms. The van der Waals surface area contributed by atoms with E-state index in [2.05, 4.69) is 0 Å². The van der Waals surface area contributed by atoms with Crippen LogP contribution in [0.3, 0.4) is 0 Å². The van der Waals surface area contributed by atoms with Crippen LogP contribution in [0, 0.1) is 0 Å². The predicted molar refractivity (Wildman–Crippen MR) is 38.3 cm³/mol. The molecule has 0 aromatic heterocycles. The van der Waals surface area contributed by atoms with Crippen LogP contribution in [0.1, 0.15) is 13.3 Å². The van der Waals surface area contributed by atoms with Crippen molar-refractivity contribution in [2.75, 3.05) is 20.6 Å². The third kappa shape index (κ3) is 3.71. The van der Waals surface area contributed by atoms with Crippen molar-refractivity contribution in [1.29, 1.82) is 0 Å². The number of halogens is 3. The van der Waals surface area contributed by atoms with Gasteiger partial charge in [-0.3, -0.25) is 4.48 Å². The topological polar surface area (TPSA) is 17.1 Å². The zero-order valence-electron chi connectivity index (χ0n) is 7.40. The van der Waals surface area contributed by atoms with Crippen molar-refractivity contribution in [3.63, 3.8) is 0 Å². The maximum Gasteiger partial charge on any atom is 0.438 e. The highest BCUT2D eigenvalue weighted by Gasteiger charge is 2.40. The van der Waals surface area contributed by atoms with Crippen molar-refractivity contribution in [1.82, 2.24) is 0 Å². The third-order valence-corrected chi connectivity index (χ3v) is 1.55. The number of amides is 1. The van der Waals surface area contributed by atoms with E-state index in [0.29, 0.717) is 0 Å². The second-order valence-electron chi connectivity index (χ2n) is 3.21. The Hall–Kier alpha value is -0.580. The van der Waals surface area contributed by atoms with E-state index in [1.807, 2.05) is 0 Å². The number of carbonyl (C=O) groups is 1. The second kappa shape index (κ2) is 3.43. The Balaban J connectivity index is 4.32. The minimum absolute atomic E-state index is 0.128. The van der Waals surface area contributed by atoms with Gasteiger partial charge in [-0.05, 0) is 0 Å². The largest absolute Gasteiger partial charge is 0.438 e. The predicted octanol–water partition coefficient (Wildman–Crippen LogP) is 1.56. The summed E-state index contributed by atoms with van der Waals surface area (Å²) < 4.78 is 35.0. The van der Waals surface area contributed by atoms with E-state index in [1.54, 1.807) is 6.92 Å². The third-order valence-electron chi connectivity index (χ3n) is 1.55. The van der Waals surface area contributed by atoms with Gasteiger partial charge >= 0.3 is 12.1 Å². The van der Waals surface area contributed by atoms with Gasteiger partial charge in [-0.25, -0.2) is 4.79 Å². The smallest absolute Gasteiger partial charge is 0.258 e. The summed E-state index contributed by atoms with van der Waals surface area (Å²) in [6, 6.07) is 0. The van der Waals surface area contributed by atoms with Gasteiger partial charge in [0, 0.05) is 0 Å². The molecule has 1 amide bonds. The lowest BCUT2D eigenvalue weighted by atomic mass is 10.3. The Bertz CT molecular complexity index is 174. The zero-order chi connectivity index (χ0) is 9.99. The van der Waals surface area contributed by atoms with Gasteiger partial charge in [0.15, 0.2) is 6.54 Å². The summed E-state index contributed by atoms with van der Waals surface area (Å²) in [5.74, 6) is -0.410. The Morgan fingerprint density at radius 3 is 2.00 bits per heavy atom. The van der Waals surface area contributed by atoms with Crippen molar-refractivity contribution in [3.05, 3.63) is 0 Å². The average molecular weight is 184 g/mol. The molecule has 72 valence electrons. The molecule has 0 aliphatic heterocycles. The summed E-state index contributed by atoms with van der Waals surface area (Å²) in [5, 5.41) is 0. The molecular formula is C7H13F3NO+. The molecular weight excluding hydrogens is 171 g/mol. The monoisotopic (exact) mass is 184 g/mol. The molecule has 12 heavy (non-hydrogen) atoms. The Kier molecular flexibility index (Phi) is 3.26. The molecule has 2 nitrogen and oxygen atoms in total. The highest BCUT2D eigenvalue weighted by atomic mass is 19.4. The van der Waals surface area contributed by atoms with Crippen molar-refractivity contribution in [2.45, 2.75) is 19.5 Å². The molecule has 0 bridgehead atoms. The summed E-state index contributed by atoms with van der Waals surface area (Å²) in [5.41, 5.74) is 0. The fourth-order valence-corrected chi connectivity index (χ4v) is 0.964. The normalized spacial score (nSPS) is 13.2. The molecule has 0 aromatic rings. The first-order valence-corrected chi connectivity index (χ1v) is 3.62. The lowest BCUT2D eigenvalue weighted by Crippen LogP contribution is -2.50. The SMILES string of the molecule is CCC(=O)[N+](C)(C)CC(F)(F)F. The number of rotatable bonds is 2. The number of quaternary nitrogens is 1. The van der Waals surface area contributed by atoms with Crippen molar-refractivity contribution in [3.8, 4) is 0 Å². The molecule has 0 N–H and O–H groups in total. The van der Waals surface area contributed by atoms with E-state index in [0.717, 1.165) is 0 Å². The number of hydrogen-bond acceptors (Lipinski definition) is 1. The van der Waals surface area contributed by atoms with Crippen molar-refractivity contribution in [2.24, 2.45) is 0 Å². The van der Waals surface area contributed by atoms with Crippen LogP contribution in [0.25, 0.3) is 0 Å². The first-order valence-electron chi connectivity index (χ1n) is 3.62. The van der Waals surface area contributed by atoms with Gasteiger partial charge in [0.1, 0.15) is 0 Å². The summed E-state index contributed by atoms with van der Waals surface area (Å²) in [7, 11) is 2.53. The summed E-state index contributed by atoms with van der Waals surface area (Å²) >= 11 is 0. The van der Waals surface area contributed by atoms with E-state index in [-0.39, 0.29) is 6.42 Å². The zero-order valence-corrected chi connectivity index (χ0v) is 7.40. The van der Waals surface area contributed by atoms with E-state index in [1.165, 1.54) is 14.1 Å². The number of nitrogens with zero attached hydrogens (tertiary/aromatic N) is 1. The standard InChI is InChI=1S/C7H13F3NO/c1-4-6(12)11(2,3)5-7(8,9)10/h4-5H2,1-3H3/q+1. The van der Waals surface area contributed by atoms with Crippen LogP contribution in [-0.2, 0) is 4.79 Å².